The number of rotatable bonds is 4. The predicted molar refractivity (Wildman–Crippen MR) is 66.8 cm³/mol. The Bertz CT molecular complexity index is 693. The third kappa shape index (κ3) is 2.48. The van der Waals surface area contributed by atoms with Gasteiger partial charge in [-0.1, -0.05) is 0 Å². The first-order chi connectivity index (χ1) is 9.04. The molecule has 0 amide bonds. The summed E-state index contributed by atoms with van der Waals surface area (Å²) in [5.74, 6) is -1.99. The van der Waals surface area contributed by atoms with Crippen molar-refractivity contribution in [2.45, 2.75) is 13.0 Å². The highest BCUT2D eigenvalue weighted by Crippen LogP contribution is 2.19. The van der Waals surface area contributed by atoms with Crippen molar-refractivity contribution in [1.82, 2.24) is 4.57 Å². The Hall–Kier alpha value is -2.21. The number of aromatic carboxylic acids is 1. The number of aromatic nitrogens is 1. The van der Waals surface area contributed by atoms with Gasteiger partial charge in [-0.05, 0) is 24.6 Å². The number of nitrogens with zero attached hydrogens (tertiary/aromatic N) is 1. The molecule has 1 aromatic carbocycles. The fraction of sp³-hybridized carbons (Fsp3) is 0.231. The van der Waals surface area contributed by atoms with Gasteiger partial charge in [0.2, 0.25) is 0 Å². The summed E-state index contributed by atoms with van der Waals surface area (Å²) in [5, 5.41) is 18.0. The molecule has 2 N–H and O–H groups in total. The standard InChI is InChI=1S/C13H12FNO4/c14-10-7-9(13(18)19)6-8-2-3-11(17)15(12(8)10)4-1-5-16/h2-3,6-7,16H,1,4-5H2,(H,18,19). The summed E-state index contributed by atoms with van der Waals surface area (Å²) in [6.45, 7) is 0.0632. The SMILES string of the molecule is O=C(O)c1cc(F)c2c(ccc(=O)n2CCCO)c1. The molecule has 2 rings (SSSR count). The number of carboxylic acid groups (broad SMARTS) is 1. The molecule has 0 fully saturated rings. The van der Waals surface area contributed by atoms with E-state index in [2.05, 4.69) is 0 Å². The van der Waals surface area contributed by atoms with E-state index in [0.29, 0.717) is 11.8 Å². The first-order valence-corrected chi connectivity index (χ1v) is 5.72. The van der Waals surface area contributed by atoms with Crippen LogP contribution in [0.15, 0.2) is 29.1 Å². The Labute approximate surface area is 107 Å². The zero-order valence-electron chi connectivity index (χ0n) is 9.97. The molecule has 0 unspecified atom stereocenters. The van der Waals surface area contributed by atoms with E-state index in [-0.39, 0.29) is 29.8 Å². The van der Waals surface area contributed by atoms with Crippen molar-refractivity contribution in [3.05, 3.63) is 46.0 Å². The number of hydrogen-bond acceptors (Lipinski definition) is 3. The topological polar surface area (TPSA) is 79.5 Å². The molecule has 1 aromatic heterocycles. The number of pyridine rings is 1. The molecule has 5 nitrogen and oxygen atoms in total. The number of aryl methyl sites for hydroxylation is 1. The molecule has 0 aliphatic carbocycles. The van der Waals surface area contributed by atoms with Crippen molar-refractivity contribution in [2.75, 3.05) is 6.61 Å². The van der Waals surface area contributed by atoms with E-state index in [9.17, 15) is 14.0 Å². The first-order valence-electron chi connectivity index (χ1n) is 5.72. The van der Waals surface area contributed by atoms with Gasteiger partial charge in [0, 0.05) is 24.6 Å². The molecule has 1 heterocycles. The van der Waals surface area contributed by atoms with E-state index in [1.807, 2.05) is 0 Å². The summed E-state index contributed by atoms with van der Waals surface area (Å²) < 4.78 is 15.2. The molecule has 0 spiro atoms. The maximum atomic E-state index is 14.0. The highest BCUT2D eigenvalue weighted by atomic mass is 19.1. The average Bonchev–Trinajstić information content (AvgIpc) is 2.37. The van der Waals surface area contributed by atoms with Gasteiger partial charge in [-0.15, -0.1) is 0 Å². The molecule has 0 radical (unpaired) electrons. The highest BCUT2D eigenvalue weighted by molar-refractivity contribution is 5.93. The second kappa shape index (κ2) is 5.19. The van der Waals surface area contributed by atoms with Gasteiger partial charge in [0.1, 0.15) is 5.82 Å². The lowest BCUT2D eigenvalue weighted by atomic mass is 10.1. The zero-order valence-corrected chi connectivity index (χ0v) is 9.97. The van der Waals surface area contributed by atoms with Crippen LogP contribution in [0.4, 0.5) is 4.39 Å². The summed E-state index contributed by atoms with van der Waals surface area (Å²) in [4.78, 5) is 22.6. The van der Waals surface area contributed by atoms with Crippen LogP contribution in [0.1, 0.15) is 16.8 Å². The minimum atomic E-state index is -1.23. The van der Waals surface area contributed by atoms with E-state index in [4.69, 9.17) is 10.2 Å². The molecule has 100 valence electrons. The molecule has 0 bridgehead atoms. The van der Waals surface area contributed by atoms with Crippen LogP contribution in [0.2, 0.25) is 0 Å². The van der Waals surface area contributed by atoms with E-state index in [1.54, 1.807) is 0 Å². The van der Waals surface area contributed by atoms with Gasteiger partial charge in [0.05, 0.1) is 11.1 Å². The largest absolute Gasteiger partial charge is 0.478 e. The van der Waals surface area contributed by atoms with Gasteiger partial charge >= 0.3 is 5.97 Å². The van der Waals surface area contributed by atoms with Gasteiger partial charge in [-0.25, -0.2) is 9.18 Å². The van der Waals surface area contributed by atoms with Gasteiger partial charge < -0.3 is 14.8 Å². The molecular formula is C13H12FNO4. The smallest absolute Gasteiger partial charge is 0.335 e. The molecule has 0 aliphatic heterocycles. The predicted octanol–water partition coefficient (Wildman–Crippen LogP) is 1.22. The van der Waals surface area contributed by atoms with E-state index < -0.39 is 11.8 Å². The maximum Gasteiger partial charge on any atom is 0.335 e. The number of halogens is 1. The number of aliphatic hydroxyl groups excluding tert-OH is 1. The van der Waals surface area contributed by atoms with Crippen molar-refractivity contribution in [3.8, 4) is 0 Å². The molecule has 0 saturated heterocycles. The van der Waals surface area contributed by atoms with Crippen LogP contribution in [0.3, 0.4) is 0 Å². The fourth-order valence-corrected chi connectivity index (χ4v) is 1.97. The molecule has 0 aliphatic rings. The van der Waals surface area contributed by atoms with Gasteiger partial charge in [0.25, 0.3) is 5.56 Å². The van der Waals surface area contributed by atoms with Gasteiger partial charge in [0.15, 0.2) is 0 Å². The summed E-state index contributed by atoms with van der Waals surface area (Å²) >= 11 is 0. The second-order valence-electron chi connectivity index (χ2n) is 4.10. The lowest BCUT2D eigenvalue weighted by Crippen LogP contribution is -2.21. The van der Waals surface area contributed by atoms with Crippen molar-refractivity contribution in [1.29, 1.82) is 0 Å². The lowest BCUT2D eigenvalue weighted by molar-refractivity contribution is 0.0696. The van der Waals surface area contributed by atoms with Crippen molar-refractivity contribution >= 4 is 16.9 Å². The Morgan fingerprint density at radius 2 is 2.05 bits per heavy atom. The highest BCUT2D eigenvalue weighted by Gasteiger charge is 2.12. The minimum Gasteiger partial charge on any atom is -0.478 e. The van der Waals surface area contributed by atoms with Crippen LogP contribution in [-0.2, 0) is 6.54 Å². The molecule has 0 saturated carbocycles. The summed E-state index contributed by atoms with van der Waals surface area (Å²) in [6, 6.07) is 4.85. The van der Waals surface area contributed by atoms with Crippen LogP contribution >= 0.6 is 0 Å². The maximum absolute atomic E-state index is 14.0. The third-order valence-electron chi connectivity index (χ3n) is 2.82. The molecule has 19 heavy (non-hydrogen) atoms. The Morgan fingerprint density at radius 3 is 2.68 bits per heavy atom. The molecule has 2 aromatic rings. The summed E-state index contributed by atoms with van der Waals surface area (Å²) in [7, 11) is 0. The van der Waals surface area contributed by atoms with Crippen molar-refractivity contribution in [2.24, 2.45) is 0 Å². The number of hydrogen-bond donors (Lipinski definition) is 2. The second-order valence-corrected chi connectivity index (χ2v) is 4.10. The van der Waals surface area contributed by atoms with Crippen LogP contribution in [0.25, 0.3) is 10.9 Å². The Balaban J connectivity index is 2.71. The van der Waals surface area contributed by atoms with E-state index in [0.717, 1.165) is 6.07 Å². The molecule has 6 heteroatoms. The molecule has 0 atom stereocenters. The third-order valence-corrected chi connectivity index (χ3v) is 2.82. The number of benzene rings is 1. The van der Waals surface area contributed by atoms with Crippen LogP contribution in [0.5, 0.6) is 0 Å². The summed E-state index contributed by atoms with van der Waals surface area (Å²) in [5.41, 5.74) is -0.494. The fourth-order valence-electron chi connectivity index (χ4n) is 1.97. The Morgan fingerprint density at radius 1 is 1.32 bits per heavy atom. The summed E-state index contributed by atoms with van der Waals surface area (Å²) in [6.07, 6.45) is 0.319. The first kappa shape index (κ1) is 13.2. The van der Waals surface area contributed by atoms with Gasteiger partial charge in [-0.3, -0.25) is 4.79 Å². The number of carbonyl (C=O) groups is 1. The van der Waals surface area contributed by atoms with E-state index in [1.165, 1.54) is 22.8 Å². The van der Waals surface area contributed by atoms with Crippen LogP contribution in [0, 0.1) is 5.82 Å². The molecular weight excluding hydrogens is 253 g/mol. The lowest BCUT2D eigenvalue weighted by Gasteiger charge is -2.10. The number of aliphatic hydroxyl groups is 1. The normalized spacial score (nSPS) is 10.8. The quantitative estimate of drug-likeness (QED) is 0.871. The zero-order chi connectivity index (χ0) is 14.0. The van der Waals surface area contributed by atoms with E-state index >= 15 is 0 Å². The number of fused-ring (bicyclic) bond motifs is 1. The Kier molecular flexibility index (Phi) is 3.62. The van der Waals surface area contributed by atoms with Crippen molar-refractivity contribution in [3.63, 3.8) is 0 Å². The van der Waals surface area contributed by atoms with Crippen molar-refractivity contribution < 1.29 is 19.4 Å². The van der Waals surface area contributed by atoms with Gasteiger partial charge in [-0.2, -0.15) is 0 Å². The average molecular weight is 265 g/mol. The number of carboxylic acids is 1. The minimum absolute atomic E-state index is 0.0611. The van der Waals surface area contributed by atoms with Crippen LogP contribution in [-0.4, -0.2) is 27.4 Å². The van der Waals surface area contributed by atoms with Crippen LogP contribution < -0.4 is 5.56 Å². The monoisotopic (exact) mass is 265 g/mol.